The Morgan fingerprint density at radius 1 is 1.35 bits per heavy atom. The van der Waals surface area contributed by atoms with Crippen LogP contribution in [0.25, 0.3) is 10.1 Å². The molecule has 1 heterocycles. The highest BCUT2D eigenvalue weighted by Gasteiger charge is 2.12. The second-order valence-electron chi connectivity index (χ2n) is 5.49. The highest BCUT2D eigenvalue weighted by atomic mass is 127. The van der Waals surface area contributed by atoms with E-state index in [1.54, 1.807) is 25.3 Å². The molecule has 0 aliphatic rings. The summed E-state index contributed by atoms with van der Waals surface area (Å²) in [5, 5.41) is 17.7. The van der Waals surface area contributed by atoms with Crippen molar-refractivity contribution in [2.75, 3.05) is 26.7 Å². The molecule has 0 spiro atoms. The van der Waals surface area contributed by atoms with E-state index in [1.165, 1.54) is 0 Å². The van der Waals surface area contributed by atoms with Crippen LogP contribution in [0.1, 0.15) is 30.7 Å². The Bertz CT molecular complexity index is 688. The van der Waals surface area contributed by atoms with Gasteiger partial charge in [-0.25, -0.2) is 0 Å². The highest BCUT2D eigenvalue weighted by Crippen LogP contribution is 2.29. The first-order chi connectivity index (χ1) is 12.1. The number of aliphatic hydroxyl groups is 1. The first kappa shape index (κ1) is 22.7. The van der Waals surface area contributed by atoms with E-state index in [-0.39, 0.29) is 29.9 Å². The molecule has 0 radical (unpaired) electrons. The quantitative estimate of drug-likeness (QED) is 0.174. The van der Waals surface area contributed by atoms with Crippen molar-refractivity contribution in [1.82, 2.24) is 10.6 Å². The summed E-state index contributed by atoms with van der Waals surface area (Å²) in [6, 6.07) is 10.1. The first-order valence-electron chi connectivity index (χ1n) is 8.40. The SMILES string of the molecule is CCOC(=O)CCCNC(=NC)NCC(O)c1cc2ccccc2s1.I. The molecule has 1 aromatic carbocycles. The fourth-order valence-corrected chi connectivity index (χ4v) is 3.40. The number of aliphatic hydroxyl groups excluding tert-OH is 1. The van der Waals surface area contributed by atoms with Crippen LogP contribution in [-0.4, -0.2) is 43.8 Å². The molecule has 0 aliphatic heterocycles. The molecule has 0 bridgehead atoms. The third-order valence-electron chi connectivity index (χ3n) is 3.61. The van der Waals surface area contributed by atoms with Crippen LogP contribution >= 0.6 is 35.3 Å². The molecule has 144 valence electrons. The molecule has 2 aromatic rings. The third kappa shape index (κ3) is 7.08. The molecule has 1 unspecified atom stereocenters. The lowest BCUT2D eigenvalue weighted by Gasteiger charge is -2.14. The number of fused-ring (bicyclic) bond motifs is 1. The zero-order chi connectivity index (χ0) is 18.1. The average Bonchev–Trinajstić information content (AvgIpc) is 3.05. The Morgan fingerprint density at radius 2 is 2.12 bits per heavy atom. The van der Waals surface area contributed by atoms with Gasteiger partial charge >= 0.3 is 5.97 Å². The summed E-state index contributed by atoms with van der Waals surface area (Å²) in [5.74, 6) is 0.413. The molecular weight excluding hydrogens is 465 g/mol. The van der Waals surface area contributed by atoms with Crippen LogP contribution < -0.4 is 10.6 Å². The Hall–Kier alpha value is -1.39. The van der Waals surface area contributed by atoms with Gasteiger partial charge in [-0.05, 0) is 30.9 Å². The number of benzene rings is 1. The number of carbonyl (C=O) groups is 1. The molecule has 0 saturated heterocycles. The number of hydrogen-bond acceptors (Lipinski definition) is 5. The number of ether oxygens (including phenoxy) is 1. The minimum absolute atomic E-state index is 0. The number of nitrogens with zero attached hydrogens (tertiary/aromatic N) is 1. The minimum Gasteiger partial charge on any atom is -0.466 e. The Labute approximate surface area is 175 Å². The van der Waals surface area contributed by atoms with E-state index in [9.17, 15) is 9.90 Å². The molecule has 0 aliphatic carbocycles. The number of carbonyl (C=O) groups excluding carboxylic acids is 1. The molecule has 26 heavy (non-hydrogen) atoms. The van der Waals surface area contributed by atoms with Crippen LogP contribution in [0.5, 0.6) is 0 Å². The third-order valence-corrected chi connectivity index (χ3v) is 4.83. The normalized spacial score (nSPS) is 12.3. The fourth-order valence-electron chi connectivity index (χ4n) is 2.35. The van der Waals surface area contributed by atoms with Crippen LogP contribution in [0.15, 0.2) is 35.3 Å². The molecule has 8 heteroatoms. The number of rotatable bonds is 8. The van der Waals surface area contributed by atoms with E-state index in [0.29, 0.717) is 38.5 Å². The Morgan fingerprint density at radius 3 is 2.81 bits per heavy atom. The standard InChI is InChI=1S/C18H25N3O3S.HI/c1-3-24-17(23)9-6-10-20-18(19-2)21-12-14(22)16-11-13-7-4-5-8-15(13)25-16;/h4-5,7-8,11,14,22H,3,6,9-10,12H2,1-2H3,(H2,19,20,21);1H. The Kier molecular flexibility index (Phi) is 10.5. The molecule has 3 N–H and O–H groups in total. The number of esters is 1. The van der Waals surface area contributed by atoms with Gasteiger partial charge in [0.05, 0.1) is 6.61 Å². The van der Waals surface area contributed by atoms with Crippen LogP contribution in [0.4, 0.5) is 0 Å². The van der Waals surface area contributed by atoms with Gasteiger partial charge in [-0.15, -0.1) is 35.3 Å². The smallest absolute Gasteiger partial charge is 0.305 e. The van der Waals surface area contributed by atoms with Gasteiger partial charge in [0.25, 0.3) is 0 Å². The van der Waals surface area contributed by atoms with Gasteiger partial charge in [0.15, 0.2) is 5.96 Å². The number of guanidine groups is 1. The second-order valence-corrected chi connectivity index (χ2v) is 6.61. The number of thiophene rings is 1. The van der Waals surface area contributed by atoms with E-state index >= 15 is 0 Å². The number of hydrogen-bond donors (Lipinski definition) is 3. The average molecular weight is 491 g/mol. The summed E-state index contributed by atoms with van der Waals surface area (Å²) < 4.78 is 6.05. The van der Waals surface area contributed by atoms with Crippen molar-refractivity contribution in [3.05, 3.63) is 35.2 Å². The molecule has 0 saturated carbocycles. The molecule has 1 aromatic heterocycles. The number of aliphatic imine (C=N–C) groups is 1. The first-order valence-corrected chi connectivity index (χ1v) is 9.22. The lowest BCUT2D eigenvalue weighted by Crippen LogP contribution is -2.39. The number of halogens is 1. The summed E-state index contributed by atoms with van der Waals surface area (Å²) in [7, 11) is 1.67. The lowest BCUT2D eigenvalue weighted by molar-refractivity contribution is -0.143. The van der Waals surface area contributed by atoms with Crippen LogP contribution in [0, 0.1) is 0 Å². The second kappa shape index (κ2) is 12.1. The van der Waals surface area contributed by atoms with Gasteiger partial charge in [0.2, 0.25) is 0 Å². The summed E-state index contributed by atoms with van der Waals surface area (Å²) >= 11 is 1.59. The molecule has 0 amide bonds. The lowest BCUT2D eigenvalue weighted by atomic mass is 10.2. The Balaban J connectivity index is 0.00000338. The number of nitrogens with one attached hydrogen (secondary N) is 2. The molecule has 0 fully saturated rings. The van der Waals surface area contributed by atoms with E-state index in [1.807, 2.05) is 30.3 Å². The maximum Gasteiger partial charge on any atom is 0.305 e. The summed E-state index contributed by atoms with van der Waals surface area (Å²) in [6.07, 6.45) is 0.441. The van der Waals surface area contributed by atoms with Crippen molar-refractivity contribution in [2.45, 2.75) is 25.9 Å². The van der Waals surface area contributed by atoms with Gasteiger partial charge in [0.1, 0.15) is 6.10 Å². The van der Waals surface area contributed by atoms with Crippen molar-refractivity contribution in [3.63, 3.8) is 0 Å². The van der Waals surface area contributed by atoms with Gasteiger partial charge in [0, 0.05) is 36.1 Å². The minimum atomic E-state index is -0.601. The topological polar surface area (TPSA) is 83.0 Å². The monoisotopic (exact) mass is 491 g/mol. The van der Waals surface area contributed by atoms with Crippen molar-refractivity contribution < 1.29 is 14.6 Å². The van der Waals surface area contributed by atoms with Gasteiger partial charge in [-0.2, -0.15) is 0 Å². The van der Waals surface area contributed by atoms with Crippen molar-refractivity contribution in [1.29, 1.82) is 0 Å². The van der Waals surface area contributed by atoms with Crippen molar-refractivity contribution in [3.8, 4) is 0 Å². The maximum absolute atomic E-state index is 11.3. The largest absolute Gasteiger partial charge is 0.466 e. The van der Waals surface area contributed by atoms with E-state index in [2.05, 4.69) is 15.6 Å². The molecule has 1 atom stereocenters. The van der Waals surface area contributed by atoms with Gasteiger partial charge < -0.3 is 20.5 Å². The van der Waals surface area contributed by atoms with Crippen molar-refractivity contribution >= 4 is 57.3 Å². The zero-order valence-corrected chi connectivity index (χ0v) is 18.2. The molecule has 2 rings (SSSR count). The van der Waals surface area contributed by atoms with E-state index in [4.69, 9.17) is 4.74 Å². The van der Waals surface area contributed by atoms with E-state index < -0.39 is 6.10 Å². The summed E-state index contributed by atoms with van der Waals surface area (Å²) in [5.41, 5.74) is 0. The zero-order valence-electron chi connectivity index (χ0n) is 15.0. The summed E-state index contributed by atoms with van der Waals surface area (Å²) in [4.78, 5) is 16.3. The molecule has 6 nitrogen and oxygen atoms in total. The predicted molar refractivity (Wildman–Crippen MR) is 117 cm³/mol. The maximum atomic E-state index is 11.3. The van der Waals surface area contributed by atoms with Gasteiger partial charge in [-0.1, -0.05) is 18.2 Å². The molecular formula is C18H26IN3O3S. The van der Waals surface area contributed by atoms with Crippen LogP contribution in [-0.2, 0) is 9.53 Å². The van der Waals surface area contributed by atoms with Crippen LogP contribution in [0.2, 0.25) is 0 Å². The fraction of sp³-hybridized carbons (Fsp3) is 0.444. The van der Waals surface area contributed by atoms with Crippen molar-refractivity contribution in [2.24, 2.45) is 4.99 Å². The van der Waals surface area contributed by atoms with Crippen LogP contribution in [0.3, 0.4) is 0 Å². The summed E-state index contributed by atoms with van der Waals surface area (Å²) in [6.45, 7) is 3.18. The highest BCUT2D eigenvalue weighted by molar-refractivity contribution is 14.0. The van der Waals surface area contributed by atoms with E-state index in [0.717, 1.165) is 15.0 Å². The van der Waals surface area contributed by atoms with Gasteiger partial charge in [-0.3, -0.25) is 9.79 Å². The predicted octanol–water partition coefficient (Wildman–Crippen LogP) is 3.06.